The molecule has 0 fully saturated rings. The zero-order valence-corrected chi connectivity index (χ0v) is 11.4. The van der Waals surface area contributed by atoms with Gasteiger partial charge in [-0.3, -0.25) is 0 Å². The number of rotatable bonds is 5. The summed E-state index contributed by atoms with van der Waals surface area (Å²) >= 11 is 0. The molecule has 2 rings (SSSR count). The summed E-state index contributed by atoms with van der Waals surface area (Å²) in [5.41, 5.74) is 2.75. The molecular weight excluding hydrogens is 222 g/mol. The van der Waals surface area contributed by atoms with Crippen LogP contribution in [0.3, 0.4) is 0 Å². The fraction of sp³-hybridized carbons (Fsp3) is 0.400. The first-order valence-corrected chi connectivity index (χ1v) is 6.49. The van der Waals surface area contributed by atoms with Crippen LogP contribution in [0.25, 0.3) is 0 Å². The summed E-state index contributed by atoms with van der Waals surface area (Å²) in [6, 6.07) is 8.96. The summed E-state index contributed by atoms with van der Waals surface area (Å²) in [5.74, 6) is 0.957. The Hall–Kier alpha value is -1.77. The largest absolute Gasteiger partial charge is 0.355 e. The predicted octanol–water partition coefficient (Wildman–Crippen LogP) is 3.43. The molecule has 2 aromatic rings. The summed E-state index contributed by atoms with van der Waals surface area (Å²) in [7, 11) is 0. The van der Waals surface area contributed by atoms with E-state index in [1.54, 1.807) is 0 Å². The number of nitrogens with one attached hydrogen (secondary N) is 1. The number of benzene rings is 1. The Labute approximate surface area is 109 Å². The van der Waals surface area contributed by atoms with E-state index < -0.39 is 0 Å². The minimum Gasteiger partial charge on any atom is -0.355 e. The monoisotopic (exact) mass is 243 g/mol. The van der Waals surface area contributed by atoms with Crippen LogP contribution < -0.4 is 5.32 Å². The Morgan fingerprint density at radius 1 is 1.28 bits per heavy atom. The molecule has 3 nitrogen and oxygen atoms in total. The quantitative estimate of drug-likeness (QED) is 0.872. The predicted molar refractivity (Wildman–Crippen MR) is 76.0 cm³/mol. The van der Waals surface area contributed by atoms with Crippen LogP contribution in [0.4, 0.5) is 5.95 Å². The van der Waals surface area contributed by atoms with Crippen molar-refractivity contribution in [2.75, 3.05) is 11.9 Å². The normalized spacial score (nSPS) is 10.9. The van der Waals surface area contributed by atoms with Crippen molar-refractivity contribution in [3.8, 4) is 0 Å². The van der Waals surface area contributed by atoms with Crippen molar-refractivity contribution in [2.24, 2.45) is 0 Å². The van der Waals surface area contributed by atoms with E-state index in [2.05, 4.69) is 59.9 Å². The number of aromatic nitrogens is 2. The zero-order valence-electron chi connectivity index (χ0n) is 11.4. The number of aryl methyl sites for hydroxylation is 1. The van der Waals surface area contributed by atoms with Gasteiger partial charge in [0.25, 0.3) is 0 Å². The van der Waals surface area contributed by atoms with Gasteiger partial charge < -0.3 is 9.88 Å². The molecule has 0 unspecified atom stereocenters. The van der Waals surface area contributed by atoms with Crippen LogP contribution in [0, 0.1) is 6.92 Å². The molecule has 18 heavy (non-hydrogen) atoms. The molecular formula is C15H21N3. The second kappa shape index (κ2) is 5.71. The lowest BCUT2D eigenvalue weighted by Gasteiger charge is -2.13. The molecule has 0 spiro atoms. The van der Waals surface area contributed by atoms with Crippen LogP contribution in [0.2, 0.25) is 0 Å². The number of anilines is 1. The Morgan fingerprint density at radius 2 is 2.06 bits per heavy atom. The van der Waals surface area contributed by atoms with Gasteiger partial charge in [0.05, 0.1) is 0 Å². The van der Waals surface area contributed by atoms with E-state index in [1.165, 1.54) is 11.1 Å². The second-order valence-corrected chi connectivity index (χ2v) is 4.86. The number of hydrogen-bond acceptors (Lipinski definition) is 2. The van der Waals surface area contributed by atoms with Gasteiger partial charge in [0.2, 0.25) is 5.95 Å². The lowest BCUT2D eigenvalue weighted by atomic mass is 10.1. The molecule has 0 amide bonds. The zero-order chi connectivity index (χ0) is 13.0. The third-order valence-corrected chi connectivity index (χ3v) is 3.16. The van der Waals surface area contributed by atoms with Gasteiger partial charge in [0, 0.05) is 25.0 Å². The van der Waals surface area contributed by atoms with Crippen LogP contribution in [-0.4, -0.2) is 16.1 Å². The highest BCUT2D eigenvalue weighted by atomic mass is 15.2. The molecule has 1 N–H and O–H groups in total. The van der Waals surface area contributed by atoms with Gasteiger partial charge in [-0.1, -0.05) is 24.3 Å². The van der Waals surface area contributed by atoms with Crippen molar-refractivity contribution in [1.29, 1.82) is 0 Å². The first-order valence-electron chi connectivity index (χ1n) is 6.49. The maximum absolute atomic E-state index is 4.34. The Morgan fingerprint density at radius 3 is 2.78 bits per heavy atom. The third kappa shape index (κ3) is 2.92. The lowest BCUT2D eigenvalue weighted by Crippen LogP contribution is -2.12. The topological polar surface area (TPSA) is 29.9 Å². The maximum Gasteiger partial charge on any atom is 0.203 e. The molecule has 96 valence electrons. The van der Waals surface area contributed by atoms with Crippen molar-refractivity contribution in [2.45, 2.75) is 33.2 Å². The van der Waals surface area contributed by atoms with E-state index >= 15 is 0 Å². The molecule has 3 heteroatoms. The van der Waals surface area contributed by atoms with Gasteiger partial charge in [-0.15, -0.1) is 0 Å². The van der Waals surface area contributed by atoms with Crippen molar-refractivity contribution in [3.05, 3.63) is 47.8 Å². The van der Waals surface area contributed by atoms with E-state index in [4.69, 9.17) is 0 Å². The molecule has 0 radical (unpaired) electrons. The van der Waals surface area contributed by atoms with Crippen LogP contribution in [0.15, 0.2) is 36.7 Å². The van der Waals surface area contributed by atoms with Crippen LogP contribution in [0.1, 0.15) is 31.0 Å². The highest BCUT2D eigenvalue weighted by molar-refractivity contribution is 5.29. The first kappa shape index (κ1) is 12.7. The molecule has 0 aliphatic heterocycles. The number of nitrogens with zero attached hydrogens (tertiary/aromatic N) is 2. The number of imidazole rings is 1. The molecule has 0 aliphatic rings. The molecule has 0 atom stereocenters. The molecule has 0 saturated heterocycles. The second-order valence-electron chi connectivity index (χ2n) is 4.86. The average Bonchev–Trinajstić information content (AvgIpc) is 2.80. The van der Waals surface area contributed by atoms with E-state index in [-0.39, 0.29) is 0 Å². The van der Waals surface area contributed by atoms with Gasteiger partial charge in [0.1, 0.15) is 0 Å². The summed E-state index contributed by atoms with van der Waals surface area (Å²) in [4.78, 5) is 4.34. The van der Waals surface area contributed by atoms with Gasteiger partial charge in [-0.25, -0.2) is 4.98 Å². The minimum absolute atomic E-state index is 0.438. The first-order chi connectivity index (χ1) is 8.68. The van der Waals surface area contributed by atoms with Crippen LogP contribution >= 0.6 is 0 Å². The minimum atomic E-state index is 0.438. The molecule has 0 bridgehead atoms. The molecule has 1 aromatic carbocycles. The number of hydrogen-bond donors (Lipinski definition) is 1. The van der Waals surface area contributed by atoms with Gasteiger partial charge in [-0.05, 0) is 38.3 Å². The summed E-state index contributed by atoms with van der Waals surface area (Å²) < 4.78 is 2.15. The van der Waals surface area contributed by atoms with E-state index in [0.29, 0.717) is 6.04 Å². The van der Waals surface area contributed by atoms with Crippen molar-refractivity contribution >= 4 is 5.95 Å². The van der Waals surface area contributed by atoms with Crippen molar-refractivity contribution in [3.63, 3.8) is 0 Å². The molecule has 0 saturated carbocycles. The fourth-order valence-corrected chi connectivity index (χ4v) is 2.07. The molecule has 1 heterocycles. The van der Waals surface area contributed by atoms with E-state index in [9.17, 15) is 0 Å². The standard InChI is InChI=1S/C15H21N3/c1-12(2)18-11-10-17-15(18)16-9-8-14-7-5-4-6-13(14)3/h4-7,10-12H,8-9H2,1-3H3,(H,16,17). The van der Waals surface area contributed by atoms with Crippen molar-refractivity contribution < 1.29 is 0 Å². The smallest absolute Gasteiger partial charge is 0.203 e. The lowest BCUT2D eigenvalue weighted by molar-refractivity contribution is 0.604. The van der Waals surface area contributed by atoms with Crippen molar-refractivity contribution in [1.82, 2.24) is 9.55 Å². The molecule has 0 aliphatic carbocycles. The van der Waals surface area contributed by atoms with Crippen LogP contribution in [-0.2, 0) is 6.42 Å². The maximum atomic E-state index is 4.34. The highest BCUT2D eigenvalue weighted by Crippen LogP contribution is 2.13. The summed E-state index contributed by atoms with van der Waals surface area (Å²) in [5, 5.41) is 3.40. The molecule has 1 aromatic heterocycles. The average molecular weight is 243 g/mol. The fourth-order valence-electron chi connectivity index (χ4n) is 2.07. The summed E-state index contributed by atoms with van der Waals surface area (Å²) in [6.45, 7) is 7.39. The van der Waals surface area contributed by atoms with Crippen LogP contribution in [0.5, 0.6) is 0 Å². The Bertz CT molecular complexity index is 500. The SMILES string of the molecule is Cc1ccccc1CCNc1nccn1C(C)C. The van der Waals surface area contributed by atoms with Gasteiger partial charge in [0.15, 0.2) is 0 Å². The third-order valence-electron chi connectivity index (χ3n) is 3.16. The van der Waals surface area contributed by atoms with Gasteiger partial charge >= 0.3 is 0 Å². The highest BCUT2D eigenvalue weighted by Gasteiger charge is 2.05. The van der Waals surface area contributed by atoms with E-state index in [1.807, 2.05) is 12.4 Å². The Kier molecular flexibility index (Phi) is 4.03. The van der Waals surface area contributed by atoms with Gasteiger partial charge in [-0.2, -0.15) is 0 Å². The van der Waals surface area contributed by atoms with E-state index in [0.717, 1.165) is 18.9 Å². The Balaban J connectivity index is 1.93. The summed E-state index contributed by atoms with van der Waals surface area (Å²) in [6.07, 6.45) is 4.88.